The molecule has 2 aliphatic rings. The van der Waals surface area contributed by atoms with E-state index in [0.29, 0.717) is 6.54 Å². The smallest absolute Gasteiger partial charge is 0.323 e. The second-order valence-corrected chi connectivity index (χ2v) is 19.4. The molecule has 0 aromatic heterocycles. The van der Waals surface area contributed by atoms with Gasteiger partial charge in [0.25, 0.3) is 0 Å². The number of benzene rings is 5. The van der Waals surface area contributed by atoms with Crippen LogP contribution in [0.15, 0.2) is 132 Å². The first-order chi connectivity index (χ1) is 30.2. The summed E-state index contributed by atoms with van der Waals surface area (Å²) in [5.74, 6) is -0.689. The molecular formula is C51H59N3O8S. The first-order valence-electron chi connectivity index (χ1n) is 21.7. The molecule has 2 aliphatic heterocycles. The quantitative estimate of drug-likeness (QED) is 0.0894. The topological polar surface area (TPSA) is 144 Å². The van der Waals surface area contributed by atoms with E-state index in [2.05, 4.69) is 21.9 Å². The average molecular weight is 874 g/mol. The van der Waals surface area contributed by atoms with Gasteiger partial charge in [0.05, 0.1) is 23.7 Å². The van der Waals surface area contributed by atoms with Crippen molar-refractivity contribution in [3.05, 3.63) is 161 Å². The minimum atomic E-state index is -3.98. The SMILES string of the molecule is Cc1ccc(S(=O)(=O)N[C@H](Cc2ccccc2)C(=O)NCc2cccc(-c3ccc([C@@H]4O[C@H](CN5CCC[C@H]5C(=O)OC(C)(C)C)[C@H](C)[C@H](c5ccc(CO)cc5)O4)cc3)c2)cc1. The van der Waals surface area contributed by atoms with E-state index in [1.165, 1.54) is 12.1 Å². The van der Waals surface area contributed by atoms with Gasteiger partial charge in [-0.15, -0.1) is 0 Å². The number of aliphatic hydroxyl groups is 1. The average Bonchev–Trinajstić information content (AvgIpc) is 3.74. The number of amides is 1. The Balaban J connectivity index is 1.06. The monoisotopic (exact) mass is 873 g/mol. The Labute approximate surface area is 371 Å². The summed E-state index contributed by atoms with van der Waals surface area (Å²) in [6.45, 7) is 11.1. The highest BCUT2D eigenvalue weighted by atomic mass is 32.2. The second kappa shape index (κ2) is 20.1. The number of hydrogen-bond donors (Lipinski definition) is 3. The van der Waals surface area contributed by atoms with Crippen LogP contribution in [-0.2, 0) is 53.4 Å². The van der Waals surface area contributed by atoms with Crippen molar-refractivity contribution in [3.63, 3.8) is 0 Å². The highest BCUT2D eigenvalue weighted by molar-refractivity contribution is 7.89. The summed E-state index contributed by atoms with van der Waals surface area (Å²) >= 11 is 0. The Morgan fingerprint density at radius 2 is 1.51 bits per heavy atom. The van der Waals surface area contributed by atoms with E-state index in [4.69, 9.17) is 14.2 Å². The maximum atomic E-state index is 13.7. The molecule has 2 heterocycles. The van der Waals surface area contributed by atoms with Gasteiger partial charge in [-0.1, -0.05) is 122 Å². The van der Waals surface area contributed by atoms with Crippen LogP contribution in [-0.4, -0.2) is 67.2 Å². The second-order valence-electron chi connectivity index (χ2n) is 17.7. The molecule has 7 rings (SSSR count). The molecule has 0 bridgehead atoms. The van der Waals surface area contributed by atoms with Gasteiger partial charge in [-0.25, -0.2) is 8.42 Å². The van der Waals surface area contributed by atoms with Gasteiger partial charge in [-0.2, -0.15) is 4.72 Å². The van der Waals surface area contributed by atoms with Crippen LogP contribution < -0.4 is 10.0 Å². The van der Waals surface area contributed by atoms with Gasteiger partial charge >= 0.3 is 5.97 Å². The number of ether oxygens (including phenoxy) is 3. The molecule has 6 atom stereocenters. The van der Waals surface area contributed by atoms with Crippen molar-refractivity contribution in [3.8, 4) is 11.1 Å². The van der Waals surface area contributed by atoms with E-state index in [1.54, 1.807) is 12.1 Å². The molecule has 3 N–H and O–H groups in total. The molecule has 63 heavy (non-hydrogen) atoms. The van der Waals surface area contributed by atoms with Gasteiger partial charge in [0.2, 0.25) is 15.9 Å². The Bertz CT molecular complexity index is 2420. The fourth-order valence-electron chi connectivity index (χ4n) is 8.26. The minimum absolute atomic E-state index is 0.0469. The number of nitrogens with zero attached hydrogens (tertiary/aromatic N) is 1. The van der Waals surface area contributed by atoms with Crippen molar-refractivity contribution in [2.45, 2.75) is 108 Å². The van der Waals surface area contributed by atoms with Gasteiger partial charge in [-0.3, -0.25) is 14.5 Å². The van der Waals surface area contributed by atoms with Gasteiger partial charge < -0.3 is 24.6 Å². The van der Waals surface area contributed by atoms with Crippen molar-refractivity contribution in [2.75, 3.05) is 13.1 Å². The number of sulfonamides is 1. The number of aliphatic hydroxyl groups excluding tert-OH is 1. The lowest BCUT2D eigenvalue weighted by molar-refractivity contribution is -0.276. The number of esters is 1. The van der Waals surface area contributed by atoms with Crippen LogP contribution in [0.4, 0.5) is 0 Å². The van der Waals surface area contributed by atoms with Gasteiger partial charge in [0, 0.05) is 24.6 Å². The van der Waals surface area contributed by atoms with Gasteiger partial charge in [-0.05, 0) is 105 Å². The molecule has 332 valence electrons. The number of carbonyl (C=O) groups is 2. The van der Waals surface area contributed by atoms with Gasteiger partial charge in [0.1, 0.15) is 17.7 Å². The number of likely N-dealkylation sites (tertiary alicyclic amines) is 1. The van der Waals surface area contributed by atoms with Crippen LogP contribution in [0.3, 0.4) is 0 Å². The number of carbonyl (C=O) groups excluding carboxylic acids is 2. The summed E-state index contributed by atoms with van der Waals surface area (Å²) in [5, 5.41) is 12.7. The van der Waals surface area contributed by atoms with Gasteiger partial charge in [0.15, 0.2) is 6.29 Å². The van der Waals surface area contributed by atoms with Crippen LogP contribution in [0.2, 0.25) is 0 Å². The Kier molecular flexibility index (Phi) is 14.6. The fraction of sp³-hybridized carbons (Fsp3) is 0.373. The molecule has 2 fully saturated rings. The summed E-state index contributed by atoms with van der Waals surface area (Å²) in [4.78, 5) is 29.3. The van der Waals surface area contributed by atoms with Crippen LogP contribution in [0.1, 0.15) is 86.3 Å². The number of aryl methyl sites for hydroxylation is 1. The van der Waals surface area contributed by atoms with E-state index in [-0.39, 0.29) is 54.6 Å². The molecule has 11 nitrogen and oxygen atoms in total. The Hall–Kier alpha value is -5.21. The molecule has 0 unspecified atom stereocenters. The van der Waals surface area contributed by atoms with E-state index >= 15 is 0 Å². The Morgan fingerprint density at radius 3 is 2.19 bits per heavy atom. The highest BCUT2D eigenvalue weighted by Gasteiger charge is 2.42. The molecule has 1 amide bonds. The molecular weight excluding hydrogens is 815 g/mol. The van der Waals surface area contributed by atoms with E-state index in [1.807, 2.05) is 131 Å². The number of hydrogen-bond acceptors (Lipinski definition) is 9. The zero-order valence-electron chi connectivity index (χ0n) is 36.7. The third-order valence-corrected chi connectivity index (χ3v) is 13.2. The minimum Gasteiger partial charge on any atom is -0.459 e. The largest absolute Gasteiger partial charge is 0.459 e. The molecule has 2 saturated heterocycles. The van der Waals surface area contributed by atoms with Crippen molar-refractivity contribution in [1.82, 2.24) is 14.9 Å². The molecule has 5 aromatic rings. The zero-order chi connectivity index (χ0) is 44.7. The maximum absolute atomic E-state index is 13.7. The van der Waals surface area contributed by atoms with Crippen LogP contribution >= 0.6 is 0 Å². The highest BCUT2D eigenvalue weighted by Crippen LogP contribution is 2.43. The summed E-state index contributed by atoms with van der Waals surface area (Å²) < 4.78 is 48.7. The first-order valence-corrected chi connectivity index (χ1v) is 23.2. The normalized spacial score (nSPS) is 21.1. The lowest BCUT2D eigenvalue weighted by atomic mass is 9.89. The standard InChI is InChI=1S/C51H59N3O8S/c1-34-16-26-43(27-17-34)63(58,59)53-44(30-36-11-7-6-8-12-36)48(56)52-31-38-13-9-14-42(29-38)39-22-24-41(25-23-39)50-60-46(32-54-28-10-15-45(54)49(57)62-51(3,4)5)35(2)47(61-50)40-20-18-37(33-55)19-21-40/h6-9,11-14,16-27,29,35,44-47,50,53,55H,10,15,28,30-33H2,1-5H3,(H,52,56)/t35-,44+,45-,46+,47+,50+/m0/s1. The van der Waals surface area contributed by atoms with E-state index in [0.717, 1.165) is 63.9 Å². The zero-order valence-corrected chi connectivity index (χ0v) is 37.5. The summed E-state index contributed by atoms with van der Waals surface area (Å²) in [5.41, 5.74) is 6.58. The van der Waals surface area contributed by atoms with Crippen LogP contribution in [0, 0.1) is 12.8 Å². The predicted molar refractivity (Wildman–Crippen MR) is 243 cm³/mol. The number of nitrogens with one attached hydrogen (secondary N) is 2. The van der Waals surface area contributed by atoms with Crippen molar-refractivity contribution < 1.29 is 37.3 Å². The maximum Gasteiger partial charge on any atom is 0.323 e. The predicted octanol–water partition coefficient (Wildman–Crippen LogP) is 7.96. The lowest BCUT2D eigenvalue weighted by Crippen LogP contribution is -2.48. The molecule has 0 spiro atoms. The van der Waals surface area contributed by atoms with Crippen LogP contribution in [0.5, 0.6) is 0 Å². The molecule has 12 heteroatoms. The first kappa shape index (κ1) is 45.8. The van der Waals surface area contributed by atoms with E-state index < -0.39 is 33.9 Å². The number of rotatable bonds is 15. The third-order valence-electron chi connectivity index (χ3n) is 11.7. The van der Waals surface area contributed by atoms with Crippen molar-refractivity contribution in [2.24, 2.45) is 5.92 Å². The van der Waals surface area contributed by atoms with Crippen LogP contribution in [0.25, 0.3) is 11.1 Å². The summed E-state index contributed by atoms with van der Waals surface area (Å²) in [6, 6.07) is 38.2. The summed E-state index contributed by atoms with van der Waals surface area (Å²) in [6.07, 6.45) is 0.574. The van der Waals surface area contributed by atoms with Crippen molar-refractivity contribution >= 4 is 21.9 Å². The molecule has 5 aromatic carbocycles. The Morgan fingerprint density at radius 1 is 0.825 bits per heavy atom. The van der Waals surface area contributed by atoms with Crippen molar-refractivity contribution in [1.29, 1.82) is 0 Å². The fourth-order valence-corrected chi connectivity index (χ4v) is 9.45. The third kappa shape index (κ3) is 11.9. The molecule has 0 radical (unpaired) electrons. The molecule has 0 aliphatic carbocycles. The van der Waals surface area contributed by atoms with E-state index in [9.17, 15) is 23.1 Å². The summed E-state index contributed by atoms with van der Waals surface area (Å²) in [7, 11) is -3.98. The molecule has 0 saturated carbocycles. The lowest BCUT2D eigenvalue weighted by Gasteiger charge is -2.43.